The van der Waals surface area contributed by atoms with E-state index in [2.05, 4.69) is 20.6 Å². The van der Waals surface area contributed by atoms with Gasteiger partial charge in [-0.1, -0.05) is 24.3 Å². The predicted molar refractivity (Wildman–Crippen MR) is 89.0 cm³/mol. The topological polar surface area (TPSA) is 66.9 Å². The molecule has 0 aliphatic rings. The highest BCUT2D eigenvalue weighted by atomic mass is 19.4. The molecule has 0 aliphatic heterocycles. The number of aromatic nitrogens is 2. The molecule has 1 amide bonds. The third kappa shape index (κ3) is 6.40. The third-order valence-corrected chi connectivity index (χ3v) is 3.38. The second-order valence-electron chi connectivity index (χ2n) is 5.77. The van der Waals surface area contributed by atoms with Crippen LogP contribution in [0.1, 0.15) is 19.4 Å². The van der Waals surface area contributed by atoms with Gasteiger partial charge in [0.05, 0.1) is 0 Å². The lowest BCUT2D eigenvalue weighted by Crippen LogP contribution is -2.31. The van der Waals surface area contributed by atoms with Crippen molar-refractivity contribution in [2.24, 2.45) is 0 Å². The van der Waals surface area contributed by atoms with Crippen LogP contribution in [0.15, 0.2) is 36.7 Å². The van der Waals surface area contributed by atoms with Crippen molar-refractivity contribution >= 4 is 11.9 Å². The maximum atomic E-state index is 12.1. The van der Waals surface area contributed by atoms with Gasteiger partial charge in [0.2, 0.25) is 11.9 Å². The zero-order valence-corrected chi connectivity index (χ0v) is 13.9. The number of amides is 1. The Balaban J connectivity index is 1.98. The standard InChI is InChI=1S/C17H19F3N4O/c1-11(24-12(2)25)7-13-3-5-14(6-4-13)15-8-21-16(22-9-15)23-10-17(18,19)20/h3-6,8-9,11H,7,10H2,1-2H3,(H,24,25)(H,21,22,23). The Kier molecular flexibility index (Phi) is 5.95. The minimum absolute atomic E-state index is 0.0330. The van der Waals surface area contributed by atoms with Crippen molar-refractivity contribution in [3.8, 4) is 11.1 Å². The van der Waals surface area contributed by atoms with Gasteiger partial charge in [-0.2, -0.15) is 13.2 Å². The number of carbonyl (C=O) groups is 1. The Morgan fingerprint density at radius 3 is 2.24 bits per heavy atom. The second kappa shape index (κ2) is 7.96. The number of nitrogens with one attached hydrogen (secondary N) is 2. The van der Waals surface area contributed by atoms with E-state index in [1.807, 2.05) is 31.2 Å². The summed E-state index contributed by atoms with van der Waals surface area (Å²) >= 11 is 0. The summed E-state index contributed by atoms with van der Waals surface area (Å²) in [6.45, 7) is 2.23. The van der Waals surface area contributed by atoms with Crippen LogP contribution in [0.2, 0.25) is 0 Å². The highest BCUT2D eigenvalue weighted by molar-refractivity contribution is 5.73. The first-order valence-corrected chi connectivity index (χ1v) is 7.72. The maximum absolute atomic E-state index is 12.1. The largest absolute Gasteiger partial charge is 0.405 e. The number of nitrogens with zero attached hydrogens (tertiary/aromatic N) is 2. The fourth-order valence-corrected chi connectivity index (χ4v) is 2.33. The smallest absolute Gasteiger partial charge is 0.354 e. The van der Waals surface area contributed by atoms with Crippen molar-refractivity contribution in [1.29, 1.82) is 0 Å². The molecular weight excluding hydrogens is 333 g/mol. The number of anilines is 1. The van der Waals surface area contributed by atoms with Crippen molar-refractivity contribution in [2.75, 3.05) is 11.9 Å². The molecule has 2 N–H and O–H groups in total. The minimum Gasteiger partial charge on any atom is -0.354 e. The van der Waals surface area contributed by atoms with Gasteiger partial charge in [-0.3, -0.25) is 4.79 Å². The number of halogens is 3. The fraction of sp³-hybridized carbons (Fsp3) is 0.353. The molecule has 1 aromatic heterocycles. The Morgan fingerprint density at radius 2 is 1.72 bits per heavy atom. The summed E-state index contributed by atoms with van der Waals surface area (Å²) in [5.74, 6) is -0.137. The van der Waals surface area contributed by atoms with Crippen LogP contribution in [0.4, 0.5) is 19.1 Å². The SMILES string of the molecule is CC(=O)NC(C)Cc1ccc(-c2cnc(NCC(F)(F)F)nc2)cc1. The summed E-state index contributed by atoms with van der Waals surface area (Å²) in [5.41, 5.74) is 2.63. The van der Waals surface area contributed by atoms with Crippen LogP contribution in [0.25, 0.3) is 11.1 Å². The molecule has 0 aliphatic carbocycles. The summed E-state index contributed by atoms with van der Waals surface area (Å²) in [4.78, 5) is 18.8. The average Bonchev–Trinajstić information content (AvgIpc) is 2.53. The van der Waals surface area contributed by atoms with Gasteiger partial charge in [-0.15, -0.1) is 0 Å². The molecule has 25 heavy (non-hydrogen) atoms. The number of carbonyl (C=O) groups excluding carboxylic acids is 1. The number of rotatable bonds is 6. The van der Waals surface area contributed by atoms with E-state index in [-0.39, 0.29) is 17.9 Å². The van der Waals surface area contributed by atoms with E-state index in [9.17, 15) is 18.0 Å². The number of hydrogen-bond acceptors (Lipinski definition) is 4. The molecule has 2 aromatic rings. The van der Waals surface area contributed by atoms with E-state index >= 15 is 0 Å². The molecule has 0 radical (unpaired) electrons. The lowest BCUT2D eigenvalue weighted by Gasteiger charge is -2.12. The molecule has 8 heteroatoms. The van der Waals surface area contributed by atoms with Crippen molar-refractivity contribution in [1.82, 2.24) is 15.3 Å². The van der Waals surface area contributed by atoms with E-state index < -0.39 is 12.7 Å². The van der Waals surface area contributed by atoms with Crippen molar-refractivity contribution in [3.63, 3.8) is 0 Å². The molecular formula is C17H19F3N4O. The first-order chi connectivity index (χ1) is 11.7. The maximum Gasteiger partial charge on any atom is 0.405 e. The number of alkyl halides is 3. The van der Waals surface area contributed by atoms with Gasteiger partial charge in [0.1, 0.15) is 6.54 Å². The molecule has 0 fully saturated rings. The van der Waals surface area contributed by atoms with Crippen LogP contribution < -0.4 is 10.6 Å². The quantitative estimate of drug-likeness (QED) is 0.838. The van der Waals surface area contributed by atoms with Gasteiger partial charge in [-0.25, -0.2) is 9.97 Å². The zero-order chi connectivity index (χ0) is 18.4. The van der Waals surface area contributed by atoms with Crippen molar-refractivity contribution < 1.29 is 18.0 Å². The fourth-order valence-electron chi connectivity index (χ4n) is 2.33. The van der Waals surface area contributed by atoms with Gasteiger partial charge in [0, 0.05) is 30.9 Å². The summed E-state index contributed by atoms with van der Waals surface area (Å²) in [6.07, 6.45) is -0.663. The summed E-state index contributed by atoms with van der Waals surface area (Å²) in [5, 5.41) is 4.95. The summed E-state index contributed by atoms with van der Waals surface area (Å²) in [7, 11) is 0. The van der Waals surface area contributed by atoms with E-state index in [0.717, 1.165) is 11.1 Å². The van der Waals surface area contributed by atoms with Gasteiger partial charge in [0.25, 0.3) is 0 Å². The van der Waals surface area contributed by atoms with E-state index in [0.29, 0.717) is 12.0 Å². The molecule has 1 heterocycles. The number of benzene rings is 1. The molecule has 0 saturated carbocycles. The highest BCUT2D eigenvalue weighted by Crippen LogP contribution is 2.20. The molecule has 0 bridgehead atoms. The Labute approximate surface area is 143 Å². The Morgan fingerprint density at radius 1 is 1.12 bits per heavy atom. The first kappa shape index (κ1) is 18.7. The molecule has 134 valence electrons. The van der Waals surface area contributed by atoms with Gasteiger partial charge >= 0.3 is 6.18 Å². The van der Waals surface area contributed by atoms with Crippen molar-refractivity contribution in [2.45, 2.75) is 32.5 Å². The zero-order valence-electron chi connectivity index (χ0n) is 13.9. The van der Waals surface area contributed by atoms with E-state index in [4.69, 9.17) is 0 Å². The lowest BCUT2D eigenvalue weighted by atomic mass is 10.0. The van der Waals surface area contributed by atoms with Crippen LogP contribution in [0.5, 0.6) is 0 Å². The Hall–Kier alpha value is -2.64. The first-order valence-electron chi connectivity index (χ1n) is 7.72. The van der Waals surface area contributed by atoms with Crippen LogP contribution in [-0.4, -0.2) is 34.6 Å². The molecule has 1 atom stereocenters. The monoisotopic (exact) mass is 352 g/mol. The minimum atomic E-state index is -4.31. The lowest BCUT2D eigenvalue weighted by molar-refractivity contribution is -0.119. The third-order valence-electron chi connectivity index (χ3n) is 3.38. The average molecular weight is 352 g/mol. The Bertz CT molecular complexity index is 699. The molecule has 0 spiro atoms. The van der Waals surface area contributed by atoms with Gasteiger partial charge < -0.3 is 10.6 Å². The van der Waals surface area contributed by atoms with Gasteiger partial charge in [-0.05, 0) is 24.5 Å². The van der Waals surface area contributed by atoms with E-state index in [1.54, 1.807) is 0 Å². The normalized spacial score (nSPS) is 12.5. The molecule has 5 nitrogen and oxygen atoms in total. The molecule has 1 aromatic carbocycles. The second-order valence-corrected chi connectivity index (χ2v) is 5.77. The van der Waals surface area contributed by atoms with Crippen molar-refractivity contribution in [3.05, 3.63) is 42.2 Å². The molecule has 0 saturated heterocycles. The van der Waals surface area contributed by atoms with Crippen LogP contribution >= 0.6 is 0 Å². The predicted octanol–water partition coefficient (Wildman–Crippen LogP) is 3.18. The number of hydrogen-bond donors (Lipinski definition) is 2. The molecule has 2 rings (SSSR count). The van der Waals surface area contributed by atoms with E-state index in [1.165, 1.54) is 19.3 Å². The summed E-state index contributed by atoms with van der Waals surface area (Å²) < 4.78 is 36.4. The summed E-state index contributed by atoms with van der Waals surface area (Å²) in [6, 6.07) is 7.67. The highest BCUT2D eigenvalue weighted by Gasteiger charge is 2.26. The van der Waals surface area contributed by atoms with Crippen LogP contribution in [0.3, 0.4) is 0 Å². The van der Waals surface area contributed by atoms with Crippen LogP contribution in [0, 0.1) is 0 Å². The van der Waals surface area contributed by atoms with Crippen LogP contribution in [-0.2, 0) is 11.2 Å². The van der Waals surface area contributed by atoms with Gasteiger partial charge in [0.15, 0.2) is 0 Å². The molecule has 1 unspecified atom stereocenters.